The van der Waals surface area contributed by atoms with Gasteiger partial charge in [0.25, 0.3) is 0 Å². The molecule has 0 aliphatic rings. The second-order valence-electron chi connectivity index (χ2n) is 0. The molecule has 5 heavy (non-hydrogen) atoms. The molecule has 0 heterocycles. The number of rotatable bonds is 0. The topological polar surface area (TPSA) is 0 Å². The van der Waals surface area contributed by atoms with E-state index in [4.69, 9.17) is 0 Å². The van der Waals surface area contributed by atoms with Crippen LogP contribution in [0.15, 0.2) is 0 Å². The fourth-order valence-electron chi connectivity index (χ4n) is 0. The van der Waals surface area contributed by atoms with Gasteiger partial charge in [0, 0.05) is 0 Å². The van der Waals surface area contributed by atoms with Crippen molar-refractivity contribution in [2.45, 2.75) is 0 Å². The Morgan fingerprint density at radius 3 is 0.400 bits per heavy atom. The van der Waals surface area contributed by atoms with Gasteiger partial charge in [0.2, 0.25) is 0 Å². The van der Waals surface area contributed by atoms with Gasteiger partial charge in [0.05, 0.1) is 0 Å². The summed E-state index contributed by atoms with van der Waals surface area (Å²) in [5, 5.41) is 0. The van der Waals surface area contributed by atoms with Gasteiger partial charge in [-0.1, -0.05) is 0 Å². The van der Waals surface area contributed by atoms with Gasteiger partial charge in [-0.25, -0.2) is 0 Å². The molecule has 0 saturated carbocycles. The molecular weight excluding hydrogens is 149 g/mol. The molecule has 5 heteroatoms. The van der Waals surface area contributed by atoms with Gasteiger partial charge in [-0.05, 0) is 0 Å². The van der Waals surface area contributed by atoms with E-state index in [2.05, 4.69) is 0 Å². The van der Waals surface area contributed by atoms with E-state index >= 15 is 0 Å². The number of hydrogen-bond donors (Lipinski definition) is 0. The first kappa shape index (κ1) is 72.5. The Morgan fingerprint density at radius 2 is 0.400 bits per heavy atom. The molecule has 0 N–H and O–H groups in total. The molecule has 0 radical (unpaired) electrons. The van der Waals surface area contributed by atoms with Crippen molar-refractivity contribution in [3.05, 3.63) is 0 Å². The molecule has 0 saturated heterocycles. The van der Waals surface area contributed by atoms with Gasteiger partial charge >= 0.3 is 18.9 Å². The average molecular weight is 154 g/mol. The van der Waals surface area contributed by atoms with Gasteiger partial charge in [-0.2, -0.15) is 0 Å². The van der Waals surface area contributed by atoms with E-state index in [0.717, 1.165) is 0 Å². The van der Waals surface area contributed by atoms with Crippen molar-refractivity contribution >= 4 is 68.5 Å². The second-order valence-corrected chi connectivity index (χ2v) is 0. The Kier molecular flexibility index (Phi) is 612. The zero-order valence-corrected chi connectivity index (χ0v) is 4.90. The van der Waals surface area contributed by atoms with Crippen molar-refractivity contribution in [3.8, 4) is 0 Å². The molecule has 0 rings (SSSR count). The zero-order valence-electron chi connectivity index (χ0n) is 1.63. The fraction of sp³-hybridized carbons (Fsp3) is 0. The summed E-state index contributed by atoms with van der Waals surface area (Å²) in [4.78, 5) is 0. The minimum atomic E-state index is 0. The van der Waals surface area contributed by atoms with Crippen LogP contribution in [0, 0.1) is 0 Å². The van der Waals surface area contributed by atoms with Crippen molar-refractivity contribution in [1.82, 2.24) is 0 Å². The Morgan fingerprint density at radius 1 is 0.400 bits per heavy atom. The van der Waals surface area contributed by atoms with Crippen LogP contribution in [0.1, 0.15) is 0 Å². The van der Waals surface area contributed by atoms with Crippen molar-refractivity contribution in [2.75, 3.05) is 0 Å². The van der Waals surface area contributed by atoms with E-state index in [1.54, 1.807) is 0 Å². The number of halogens is 4. The molecule has 0 nitrogen and oxygen atoms in total. The minimum absolute atomic E-state index is 0. The van der Waals surface area contributed by atoms with Crippen LogP contribution in [0.25, 0.3) is 0 Å². The van der Waals surface area contributed by atoms with Crippen molar-refractivity contribution in [3.63, 3.8) is 0 Å². The zero-order chi connectivity index (χ0) is 0. The first-order valence-electron chi connectivity index (χ1n) is 0. The molecule has 0 aromatic carbocycles. The monoisotopic (exact) mass is 152 g/mol. The van der Waals surface area contributed by atoms with Crippen LogP contribution < -0.4 is 0 Å². The van der Waals surface area contributed by atoms with Gasteiger partial charge in [-0.3, -0.25) is 0 Å². The normalized spacial score (nSPS) is 0. The summed E-state index contributed by atoms with van der Waals surface area (Å²) in [7, 11) is 0. The molecule has 0 aliphatic heterocycles. The first-order valence-corrected chi connectivity index (χ1v) is 0. The predicted octanol–water partition coefficient (Wildman–Crippen LogP) is 1.04. The van der Waals surface area contributed by atoms with Crippen molar-refractivity contribution in [2.24, 2.45) is 0 Å². The third kappa shape index (κ3) is 26.3. The van der Waals surface area contributed by atoms with Crippen LogP contribution in [-0.2, 0) is 0 Å². The summed E-state index contributed by atoms with van der Waals surface area (Å²) in [6.07, 6.45) is 0. The molecule has 0 aromatic heterocycles. The molecule has 0 fully saturated rings. The van der Waals surface area contributed by atoms with Crippen LogP contribution in [-0.4, -0.2) is 18.9 Å². The van der Waals surface area contributed by atoms with Crippen molar-refractivity contribution in [1.29, 1.82) is 0 Å². The summed E-state index contributed by atoms with van der Waals surface area (Å²) in [6.45, 7) is 0. The molecule has 0 aromatic rings. The summed E-state index contributed by atoms with van der Waals surface area (Å²) < 4.78 is 0. The first-order chi connectivity index (χ1) is 0. The Hall–Kier alpha value is 1.76. The van der Waals surface area contributed by atoms with Crippen LogP contribution in [0.3, 0.4) is 0 Å². The third-order valence-electron chi connectivity index (χ3n) is 0. The van der Waals surface area contributed by atoms with E-state index in [1.165, 1.54) is 0 Å². The third-order valence-corrected chi connectivity index (χ3v) is 0. The maximum absolute atomic E-state index is 0. The summed E-state index contributed by atoms with van der Waals surface area (Å²) in [5.41, 5.74) is 0. The van der Waals surface area contributed by atoms with E-state index in [1.807, 2.05) is 0 Å². The van der Waals surface area contributed by atoms with Crippen LogP contribution in [0.2, 0.25) is 0 Å². The quantitative estimate of drug-likeness (QED) is 0.457. The molecule has 0 aliphatic carbocycles. The molecule has 0 atom stereocenters. The van der Waals surface area contributed by atoms with E-state index in [9.17, 15) is 0 Å². The molecule has 0 spiro atoms. The van der Waals surface area contributed by atoms with Crippen LogP contribution >= 0.6 is 49.6 Å². The maximum atomic E-state index is 0. The van der Waals surface area contributed by atoms with Gasteiger partial charge in [0.15, 0.2) is 0 Å². The Bertz CT molecular complexity index is 3.61. The SMILES string of the molecule is Cl.Cl.Cl.Cl.[LiH]. The molecule has 0 bridgehead atoms. The summed E-state index contributed by atoms with van der Waals surface area (Å²) in [5.74, 6) is 0. The van der Waals surface area contributed by atoms with Crippen molar-refractivity contribution < 1.29 is 0 Å². The van der Waals surface area contributed by atoms with E-state index < -0.39 is 0 Å². The number of hydrogen-bond acceptors (Lipinski definition) is 0. The summed E-state index contributed by atoms with van der Waals surface area (Å²) >= 11 is 0. The molecule has 0 unspecified atom stereocenters. The Balaban J connectivity index is 0. The van der Waals surface area contributed by atoms with Crippen LogP contribution in [0.5, 0.6) is 0 Å². The standard InChI is InChI=1S/4ClH.Li.H/h4*1H;;. The molecular formula is H5Cl4Li. The molecule has 34 valence electrons. The van der Waals surface area contributed by atoms with Gasteiger partial charge < -0.3 is 0 Å². The summed E-state index contributed by atoms with van der Waals surface area (Å²) in [6, 6.07) is 0. The molecule has 0 amide bonds. The van der Waals surface area contributed by atoms with Crippen LogP contribution in [0.4, 0.5) is 0 Å². The Labute approximate surface area is 68.3 Å². The van der Waals surface area contributed by atoms with E-state index in [-0.39, 0.29) is 68.5 Å². The predicted molar refractivity (Wildman–Crippen MR) is 36.1 cm³/mol. The van der Waals surface area contributed by atoms with Gasteiger partial charge in [0.1, 0.15) is 0 Å². The second kappa shape index (κ2) is 42.2. The fourth-order valence-corrected chi connectivity index (χ4v) is 0. The van der Waals surface area contributed by atoms with Gasteiger partial charge in [-0.15, -0.1) is 49.6 Å². The average Bonchev–Trinajstić information content (AvgIpc) is 0. The van der Waals surface area contributed by atoms with E-state index in [0.29, 0.717) is 0 Å².